The summed E-state index contributed by atoms with van der Waals surface area (Å²) in [5.74, 6) is 1.64. The van der Waals surface area contributed by atoms with E-state index in [1.54, 1.807) is 0 Å². The zero-order chi connectivity index (χ0) is 12.5. The van der Waals surface area contributed by atoms with Crippen molar-refractivity contribution in [2.45, 2.75) is 32.2 Å². The Morgan fingerprint density at radius 3 is 2.33 bits per heavy atom. The molecule has 0 unspecified atom stereocenters. The molecule has 0 bridgehead atoms. The molecule has 3 rings (SSSR count). The molecule has 0 aliphatic heterocycles. The maximum atomic E-state index is 13.4. The second-order valence-corrected chi connectivity index (χ2v) is 5.71. The van der Waals surface area contributed by atoms with Gasteiger partial charge in [0, 0.05) is 18.2 Å². The van der Waals surface area contributed by atoms with Gasteiger partial charge in [0.25, 0.3) is 0 Å². The van der Waals surface area contributed by atoms with Gasteiger partial charge in [-0.3, -0.25) is 0 Å². The summed E-state index contributed by atoms with van der Waals surface area (Å²) < 4.78 is 26.2. The summed E-state index contributed by atoms with van der Waals surface area (Å²) in [6, 6.07) is 3.80. The average Bonchev–Trinajstić information content (AvgIpc) is 3.20. The van der Waals surface area contributed by atoms with Crippen LogP contribution in [0.3, 0.4) is 0 Å². The Labute approximate surface area is 107 Å². The summed E-state index contributed by atoms with van der Waals surface area (Å²) in [5, 5.41) is 3.34. The van der Waals surface area contributed by atoms with Crippen LogP contribution in [0.2, 0.25) is 0 Å². The van der Waals surface area contributed by atoms with Crippen LogP contribution in [0.1, 0.15) is 31.2 Å². The normalized spacial score (nSPS) is 19.5. The van der Waals surface area contributed by atoms with Crippen molar-refractivity contribution in [3.05, 3.63) is 35.4 Å². The van der Waals surface area contributed by atoms with Crippen molar-refractivity contribution < 1.29 is 8.78 Å². The monoisotopic (exact) mass is 251 g/mol. The van der Waals surface area contributed by atoms with Gasteiger partial charge in [-0.2, -0.15) is 0 Å². The molecule has 0 amide bonds. The first-order chi connectivity index (χ1) is 8.74. The van der Waals surface area contributed by atoms with Gasteiger partial charge in [-0.1, -0.05) is 6.07 Å². The quantitative estimate of drug-likeness (QED) is 0.816. The third-order valence-corrected chi connectivity index (χ3v) is 4.17. The van der Waals surface area contributed by atoms with Crippen molar-refractivity contribution in [3.63, 3.8) is 0 Å². The van der Waals surface area contributed by atoms with E-state index in [-0.39, 0.29) is 0 Å². The Balaban J connectivity index is 1.51. The Hall–Kier alpha value is -0.960. The predicted molar refractivity (Wildman–Crippen MR) is 67.0 cm³/mol. The summed E-state index contributed by atoms with van der Waals surface area (Å²) in [7, 11) is 0. The lowest BCUT2D eigenvalue weighted by molar-refractivity contribution is 0.377. The highest BCUT2D eigenvalue weighted by Gasteiger charge is 2.40. The number of nitrogens with one attached hydrogen (secondary N) is 1. The van der Waals surface area contributed by atoms with Crippen molar-refractivity contribution in [2.24, 2.45) is 17.8 Å². The summed E-state index contributed by atoms with van der Waals surface area (Å²) in [6.45, 7) is 1.48. The molecule has 3 heteroatoms. The molecule has 1 aromatic rings. The van der Waals surface area contributed by atoms with E-state index in [1.807, 2.05) is 0 Å². The van der Waals surface area contributed by atoms with Crippen LogP contribution in [0.25, 0.3) is 0 Å². The standard InChI is InChI=1S/C15H19F2N/c16-13-6-5-12(15(17)7-13)8-18-9-14(10-1-2-10)11-3-4-11/h5-7,10-11,14,18H,1-4,8-9H2. The van der Waals surface area contributed by atoms with Crippen LogP contribution in [0.15, 0.2) is 18.2 Å². The van der Waals surface area contributed by atoms with E-state index in [9.17, 15) is 8.78 Å². The van der Waals surface area contributed by atoms with Crippen LogP contribution in [-0.4, -0.2) is 6.54 Å². The van der Waals surface area contributed by atoms with Gasteiger partial charge in [0.05, 0.1) is 0 Å². The Morgan fingerprint density at radius 1 is 1.11 bits per heavy atom. The van der Waals surface area contributed by atoms with E-state index in [1.165, 1.54) is 37.8 Å². The lowest BCUT2D eigenvalue weighted by Gasteiger charge is -2.16. The van der Waals surface area contributed by atoms with Gasteiger partial charge in [-0.05, 0) is 56.0 Å². The van der Waals surface area contributed by atoms with E-state index >= 15 is 0 Å². The van der Waals surface area contributed by atoms with Crippen LogP contribution >= 0.6 is 0 Å². The van der Waals surface area contributed by atoms with Crippen molar-refractivity contribution in [2.75, 3.05) is 6.54 Å². The first-order valence-electron chi connectivity index (χ1n) is 6.88. The van der Waals surface area contributed by atoms with Gasteiger partial charge < -0.3 is 5.32 Å². The van der Waals surface area contributed by atoms with E-state index in [2.05, 4.69) is 5.32 Å². The van der Waals surface area contributed by atoms with E-state index in [4.69, 9.17) is 0 Å². The largest absolute Gasteiger partial charge is 0.312 e. The van der Waals surface area contributed by atoms with Gasteiger partial charge in [0.2, 0.25) is 0 Å². The minimum atomic E-state index is -0.509. The highest BCUT2D eigenvalue weighted by atomic mass is 19.1. The molecule has 18 heavy (non-hydrogen) atoms. The molecule has 0 aromatic heterocycles. The molecular weight excluding hydrogens is 232 g/mol. The van der Waals surface area contributed by atoms with Crippen molar-refractivity contribution in [1.29, 1.82) is 0 Å². The Bertz CT molecular complexity index is 413. The van der Waals surface area contributed by atoms with E-state index in [0.717, 1.165) is 30.4 Å². The fraction of sp³-hybridized carbons (Fsp3) is 0.600. The molecular formula is C15H19F2N. The molecule has 2 saturated carbocycles. The first-order valence-corrected chi connectivity index (χ1v) is 6.88. The third kappa shape index (κ3) is 2.89. The lowest BCUT2D eigenvalue weighted by atomic mass is 9.98. The second-order valence-electron chi connectivity index (χ2n) is 5.71. The zero-order valence-corrected chi connectivity index (χ0v) is 10.5. The SMILES string of the molecule is Fc1ccc(CNCC(C2CC2)C2CC2)c(F)c1. The van der Waals surface area contributed by atoms with Crippen LogP contribution in [0, 0.1) is 29.4 Å². The predicted octanol–water partition coefficient (Wildman–Crippen LogP) is 3.49. The fourth-order valence-corrected chi connectivity index (χ4v) is 2.81. The van der Waals surface area contributed by atoms with Crippen molar-refractivity contribution in [3.8, 4) is 0 Å². The van der Waals surface area contributed by atoms with Gasteiger partial charge in [-0.15, -0.1) is 0 Å². The molecule has 0 saturated heterocycles. The molecule has 2 aliphatic carbocycles. The molecule has 2 fully saturated rings. The topological polar surface area (TPSA) is 12.0 Å². The molecule has 1 aromatic carbocycles. The van der Waals surface area contributed by atoms with Crippen LogP contribution in [0.4, 0.5) is 8.78 Å². The lowest BCUT2D eigenvalue weighted by Crippen LogP contribution is -2.25. The highest BCUT2D eigenvalue weighted by molar-refractivity contribution is 5.18. The molecule has 0 radical (unpaired) electrons. The Kier molecular flexibility index (Phi) is 3.33. The van der Waals surface area contributed by atoms with Crippen LogP contribution < -0.4 is 5.32 Å². The number of hydrogen-bond acceptors (Lipinski definition) is 1. The molecule has 0 spiro atoms. The first kappa shape index (κ1) is 12.1. The average molecular weight is 251 g/mol. The third-order valence-electron chi connectivity index (χ3n) is 4.17. The maximum absolute atomic E-state index is 13.4. The fourth-order valence-electron chi connectivity index (χ4n) is 2.81. The van der Waals surface area contributed by atoms with Gasteiger partial charge in [-0.25, -0.2) is 8.78 Å². The summed E-state index contributed by atoms with van der Waals surface area (Å²) >= 11 is 0. The molecule has 98 valence electrons. The summed E-state index contributed by atoms with van der Waals surface area (Å²) in [6.07, 6.45) is 5.48. The molecule has 0 heterocycles. The molecule has 0 atom stereocenters. The van der Waals surface area contributed by atoms with Crippen LogP contribution in [-0.2, 0) is 6.54 Å². The highest BCUT2D eigenvalue weighted by Crippen LogP contribution is 2.48. The minimum absolute atomic E-state index is 0.447. The minimum Gasteiger partial charge on any atom is -0.312 e. The molecule has 1 nitrogen and oxygen atoms in total. The van der Waals surface area contributed by atoms with E-state index < -0.39 is 11.6 Å². The van der Waals surface area contributed by atoms with Crippen molar-refractivity contribution in [1.82, 2.24) is 5.32 Å². The summed E-state index contributed by atoms with van der Waals surface area (Å²) in [5.41, 5.74) is 0.557. The van der Waals surface area contributed by atoms with Crippen molar-refractivity contribution >= 4 is 0 Å². The van der Waals surface area contributed by atoms with E-state index in [0.29, 0.717) is 12.1 Å². The summed E-state index contributed by atoms with van der Waals surface area (Å²) in [4.78, 5) is 0. The second kappa shape index (κ2) is 4.96. The van der Waals surface area contributed by atoms with Gasteiger partial charge >= 0.3 is 0 Å². The maximum Gasteiger partial charge on any atom is 0.130 e. The molecule has 2 aliphatic rings. The number of benzene rings is 1. The Morgan fingerprint density at radius 2 is 1.78 bits per heavy atom. The van der Waals surface area contributed by atoms with Gasteiger partial charge in [0.15, 0.2) is 0 Å². The molecule has 1 N–H and O–H groups in total. The zero-order valence-electron chi connectivity index (χ0n) is 10.5. The number of hydrogen-bond donors (Lipinski definition) is 1. The smallest absolute Gasteiger partial charge is 0.130 e. The number of halogens is 2. The number of rotatable bonds is 6. The van der Waals surface area contributed by atoms with Gasteiger partial charge in [0.1, 0.15) is 11.6 Å². The van der Waals surface area contributed by atoms with Crippen LogP contribution in [0.5, 0.6) is 0 Å².